The Morgan fingerprint density at radius 2 is 1.87 bits per heavy atom. The van der Waals surface area contributed by atoms with Crippen LogP contribution in [0.4, 0.5) is 0 Å². The largest absolute Gasteiger partial charge is 0.455 e. The van der Waals surface area contributed by atoms with E-state index in [-0.39, 0.29) is 13.0 Å². The third-order valence-electron chi connectivity index (χ3n) is 1.64. The second-order valence-electron chi connectivity index (χ2n) is 2.93. The van der Waals surface area contributed by atoms with Gasteiger partial charge >= 0.3 is 5.97 Å². The molecule has 4 nitrogen and oxygen atoms in total. The van der Waals surface area contributed by atoms with E-state index in [4.69, 9.17) is 5.73 Å². The molecule has 0 aliphatic rings. The van der Waals surface area contributed by atoms with E-state index < -0.39 is 11.9 Å². The lowest BCUT2D eigenvalue weighted by molar-refractivity contribution is -0.147. The summed E-state index contributed by atoms with van der Waals surface area (Å²) in [6, 6.07) is 7.26. The molecule has 0 unspecified atom stereocenters. The molecule has 0 aliphatic heterocycles. The highest BCUT2D eigenvalue weighted by atomic mass is 79.9. The Labute approximate surface area is 95.5 Å². The summed E-state index contributed by atoms with van der Waals surface area (Å²) in [5, 5.41) is 0. The molecule has 0 radical (unpaired) electrons. The monoisotopic (exact) mass is 271 g/mol. The zero-order valence-electron chi connectivity index (χ0n) is 7.90. The van der Waals surface area contributed by atoms with Gasteiger partial charge in [-0.3, -0.25) is 9.59 Å². The van der Waals surface area contributed by atoms with Crippen LogP contribution in [0, 0.1) is 0 Å². The number of primary amides is 1. The second-order valence-corrected chi connectivity index (χ2v) is 3.85. The summed E-state index contributed by atoms with van der Waals surface area (Å²) in [5.41, 5.74) is 5.66. The molecule has 0 aliphatic carbocycles. The number of amides is 1. The summed E-state index contributed by atoms with van der Waals surface area (Å²) in [5.74, 6) is -1.12. The van der Waals surface area contributed by atoms with Gasteiger partial charge in [0.2, 0.25) is 0 Å². The van der Waals surface area contributed by atoms with Crippen molar-refractivity contribution in [3.8, 4) is 0 Å². The fourth-order valence-corrected chi connectivity index (χ4v) is 1.24. The Morgan fingerprint density at radius 3 is 2.40 bits per heavy atom. The molecule has 5 heteroatoms. The number of esters is 1. The molecule has 2 N–H and O–H groups in total. The maximum atomic E-state index is 11.2. The van der Waals surface area contributed by atoms with Crippen LogP contribution in [-0.4, -0.2) is 18.5 Å². The highest BCUT2D eigenvalue weighted by Gasteiger charge is 2.05. The van der Waals surface area contributed by atoms with Gasteiger partial charge in [-0.1, -0.05) is 28.1 Å². The van der Waals surface area contributed by atoms with E-state index in [1.165, 1.54) is 0 Å². The minimum Gasteiger partial charge on any atom is -0.455 e. The Hall–Kier alpha value is -1.36. The molecule has 1 amide bonds. The first-order valence-corrected chi connectivity index (χ1v) is 5.05. The molecule has 0 heterocycles. The van der Waals surface area contributed by atoms with Crippen molar-refractivity contribution in [3.63, 3.8) is 0 Å². The minimum absolute atomic E-state index is 0.139. The number of benzene rings is 1. The van der Waals surface area contributed by atoms with Gasteiger partial charge in [-0.25, -0.2) is 0 Å². The quantitative estimate of drug-likeness (QED) is 0.832. The first kappa shape index (κ1) is 11.7. The minimum atomic E-state index is -0.654. The normalized spacial score (nSPS) is 9.67. The topological polar surface area (TPSA) is 69.4 Å². The van der Waals surface area contributed by atoms with Gasteiger partial charge < -0.3 is 10.5 Å². The van der Waals surface area contributed by atoms with Gasteiger partial charge in [0.25, 0.3) is 5.91 Å². The number of ether oxygens (including phenoxy) is 1. The van der Waals surface area contributed by atoms with Gasteiger partial charge in [0.05, 0.1) is 6.42 Å². The average molecular weight is 272 g/mol. The van der Waals surface area contributed by atoms with Crippen molar-refractivity contribution in [1.29, 1.82) is 0 Å². The van der Waals surface area contributed by atoms with Gasteiger partial charge in [-0.2, -0.15) is 0 Å². The van der Waals surface area contributed by atoms with Crippen LogP contribution in [-0.2, 0) is 20.7 Å². The highest BCUT2D eigenvalue weighted by Crippen LogP contribution is 2.11. The van der Waals surface area contributed by atoms with Crippen LogP contribution in [0.2, 0.25) is 0 Å². The molecule has 0 saturated carbocycles. The predicted octanol–water partition coefficient (Wildman–Crippen LogP) is 1.02. The maximum Gasteiger partial charge on any atom is 0.310 e. The van der Waals surface area contributed by atoms with E-state index in [1.807, 2.05) is 12.1 Å². The van der Waals surface area contributed by atoms with Crippen LogP contribution < -0.4 is 5.73 Å². The van der Waals surface area contributed by atoms with Crippen LogP contribution in [0.5, 0.6) is 0 Å². The molecule has 15 heavy (non-hydrogen) atoms. The van der Waals surface area contributed by atoms with Gasteiger partial charge in [0.1, 0.15) is 0 Å². The molecule has 0 spiro atoms. The summed E-state index contributed by atoms with van der Waals surface area (Å²) in [7, 11) is 0. The van der Waals surface area contributed by atoms with Crippen molar-refractivity contribution in [2.24, 2.45) is 5.73 Å². The SMILES string of the molecule is NC(=O)COC(=O)Cc1ccc(Br)cc1. The van der Waals surface area contributed by atoms with E-state index in [0.29, 0.717) is 0 Å². The highest BCUT2D eigenvalue weighted by molar-refractivity contribution is 9.10. The molecular weight excluding hydrogens is 262 g/mol. The first-order chi connectivity index (χ1) is 7.08. The molecule has 1 aromatic rings. The van der Waals surface area contributed by atoms with Crippen LogP contribution in [0.3, 0.4) is 0 Å². The Bertz CT molecular complexity index is 361. The number of halogens is 1. The maximum absolute atomic E-state index is 11.2. The summed E-state index contributed by atoms with van der Waals surface area (Å²) >= 11 is 3.28. The van der Waals surface area contributed by atoms with Gasteiger partial charge in [0.15, 0.2) is 6.61 Å². The molecule has 0 fully saturated rings. The van der Waals surface area contributed by atoms with Crippen LogP contribution in [0.1, 0.15) is 5.56 Å². The molecule has 80 valence electrons. The summed E-state index contributed by atoms with van der Waals surface area (Å²) in [4.78, 5) is 21.5. The van der Waals surface area contributed by atoms with E-state index in [2.05, 4.69) is 20.7 Å². The molecule has 0 atom stereocenters. The van der Waals surface area contributed by atoms with Crippen molar-refractivity contribution in [2.75, 3.05) is 6.61 Å². The standard InChI is InChI=1S/C10H10BrNO3/c11-8-3-1-7(2-4-8)5-10(14)15-6-9(12)13/h1-4H,5-6H2,(H2,12,13). The van der Waals surface area contributed by atoms with Crippen LogP contribution in [0.25, 0.3) is 0 Å². The van der Waals surface area contributed by atoms with E-state index in [9.17, 15) is 9.59 Å². The van der Waals surface area contributed by atoms with Crippen molar-refractivity contribution in [3.05, 3.63) is 34.3 Å². The zero-order valence-corrected chi connectivity index (χ0v) is 9.49. The lowest BCUT2D eigenvalue weighted by atomic mass is 10.2. The van der Waals surface area contributed by atoms with Crippen molar-refractivity contribution in [2.45, 2.75) is 6.42 Å². The lowest BCUT2D eigenvalue weighted by Gasteiger charge is -2.02. The van der Waals surface area contributed by atoms with Gasteiger partial charge in [-0.05, 0) is 17.7 Å². The fraction of sp³-hybridized carbons (Fsp3) is 0.200. The Morgan fingerprint density at radius 1 is 1.27 bits per heavy atom. The zero-order chi connectivity index (χ0) is 11.3. The number of carbonyl (C=O) groups excluding carboxylic acids is 2. The van der Waals surface area contributed by atoms with Gasteiger partial charge in [0, 0.05) is 4.47 Å². The predicted molar refractivity (Wildman–Crippen MR) is 58.0 cm³/mol. The van der Waals surface area contributed by atoms with Crippen molar-refractivity contribution < 1.29 is 14.3 Å². The third kappa shape index (κ3) is 4.60. The summed E-state index contributed by atoms with van der Waals surface area (Å²) in [6.45, 7) is -0.366. The summed E-state index contributed by atoms with van der Waals surface area (Å²) in [6.07, 6.45) is 0.139. The molecule has 0 aromatic heterocycles. The number of rotatable bonds is 4. The molecule has 1 aromatic carbocycles. The molecule has 1 rings (SSSR count). The number of hydrogen-bond acceptors (Lipinski definition) is 3. The molecular formula is C10H10BrNO3. The van der Waals surface area contributed by atoms with Crippen LogP contribution >= 0.6 is 15.9 Å². The van der Waals surface area contributed by atoms with E-state index in [1.54, 1.807) is 12.1 Å². The Balaban J connectivity index is 2.44. The average Bonchev–Trinajstić information content (AvgIpc) is 2.19. The molecule has 0 saturated heterocycles. The first-order valence-electron chi connectivity index (χ1n) is 4.26. The lowest BCUT2D eigenvalue weighted by Crippen LogP contribution is -2.21. The van der Waals surface area contributed by atoms with Gasteiger partial charge in [-0.15, -0.1) is 0 Å². The number of carbonyl (C=O) groups is 2. The Kier molecular flexibility index (Phi) is 4.30. The van der Waals surface area contributed by atoms with Crippen LogP contribution in [0.15, 0.2) is 28.7 Å². The van der Waals surface area contributed by atoms with Crippen molar-refractivity contribution in [1.82, 2.24) is 0 Å². The number of hydrogen-bond donors (Lipinski definition) is 1. The number of nitrogens with two attached hydrogens (primary N) is 1. The van der Waals surface area contributed by atoms with E-state index in [0.717, 1.165) is 10.0 Å². The third-order valence-corrected chi connectivity index (χ3v) is 2.17. The van der Waals surface area contributed by atoms with E-state index >= 15 is 0 Å². The smallest absolute Gasteiger partial charge is 0.310 e. The summed E-state index contributed by atoms with van der Waals surface area (Å²) < 4.78 is 5.55. The van der Waals surface area contributed by atoms with Crippen molar-refractivity contribution >= 4 is 27.8 Å². The second kappa shape index (κ2) is 5.50. The molecule has 0 bridgehead atoms. The fourth-order valence-electron chi connectivity index (χ4n) is 0.972.